The van der Waals surface area contributed by atoms with Crippen LogP contribution in [0, 0.1) is 11.3 Å². The maximum atomic E-state index is 10.4. The van der Waals surface area contributed by atoms with Gasteiger partial charge < -0.3 is 11.1 Å². The lowest BCUT2D eigenvalue weighted by molar-refractivity contribution is -0.118. The maximum absolute atomic E-state index is 10.4. The smallest absolute Gasteiger partial charge is 0.218 e. The van der Waals surface area contributed by atoms with Crippen molar-refractivity contribution < 1.29 is 4.79 Å². The predicted octanol–water partition coefficient (Wildman–Crippen LogP) is 0.928. The highest BCUT2D eigenvalue weighted by Gasteiger charge is 2.08. The molecule has 0 aliphatic carbocycles. The summed E-state index contributed by atoms with van der Waals surface area (Å²) in [4.78, 5) is 10.4. The summed E-state index contributed by atoms with van der Waals surface area (Å²) in [6.07, 6.45) is 1.00. The lowest BCUT2D eigenvalue weighted by Crippen LogP contribution is -2.19. The lowest BCUT2D eigenvalue weighted by atomic mass is 10.00. The van der Waals surface area contributed by atoms with Crippen LogP contribution < -0.4 is 5.73 Å². The van der Waals surface area contributed by atoms with Gasteiger partial charge in [0.05, 0.1) is 0 Å². The Hall–Kier alpha value is -0.860. The quantitative estimate of drug-likeness (QED) is 0.563. The molecule has 58 valence electrons. The SMILES string of the molecule is CCC(=N)C(C)CC(N)=O. The molecule has 0 radical (unpaired) electrons. The fourth-order valence-corrected chi connectivity index (χ4v) is 0.773. The van der Waals surface area contributed by atoms with E-state index < -0.39 is 0 Å². The van der Waals surface area contributed by atoms with E-state index in [1.54, 1.807) is 0 Å². The molecule has 0 aliphatic heterocycles. The number of rotatable bonds is 4. The third-order valence-corrected chi connectivity index (χ3v) is 1.48. The second kappa shape index (κ2) is 4.04. The van der Waals surface area contributed by atoms with E-state index in [9.17, 15) is 4.79 Å². The van der Waals surface area contributed by atoms with Gasteiger partial charge in [-0.3, -0.25) is 4.79 Å². The molecule has 0 fully saturated rings. The molecule has 1 atom stereocenters. The molecule has 0 aromatic carbocycles. The summed E-state index contributed by atoms with van der Waals surface area (Å²) in [5.74, 6) is -0.312. The molecule has 0 saturated carbocycles. The molecule has 0 spiro atoms. The van der Waals surface area contributed by atoms with Crippen molar-refractivity contribution in [2.75, 3.05) is 0 Å². The molecule has 0 heterocycles. The van der Waals surface area contributed by atoms with Gasteiger partial charge in [0.2, 0.25) is 5.91 Å². The summed E-state index contributed by atoms with van der Waals surface area (Å²) in [6.45, 7) is 3.75. The molecular weight excluding hydrogens is 128 g/mol. The Morgan fingerprint density at radius 1 is 1.70 bits per heavy atom. The number of carbonyl (C=O) groups excluding carboxylic acids is 1. The van der Waals surface area contributed by atoms with E-state index in [-0.39, 0.29) is 11.8 Å². The van der Waals surface area contributed by atoms with Crippen molar-refractivity contribution in [3.05, 3.63) is 0 Å². The molecular formula is C7H14N2O. The molecule has 0 aromatic rings. The number of primary amides is 1. The number of hydrogen-bond donors (Lipinski definition) is 2. The first-order valence-electron chi connectivity index (χ1n) is 3.43. The fourth-order valence-electron chi connectivity index (χ4n) is 0.773. The van der Waals surface area contributed by atoms with Crippen LogP contribution in [0.3, 0.4) is 0 Å². The van der Waals surface area contributed by atoms with Gasteiger partial charge in [-0.25, -0.2) is 0 Å². The predicted molar refractivity (Wildman–Crippen MR) is 41.0 cm³/mol. The highest BCUT2D eigenvalue weighted by Crippen LogP contribution is 2.04. The molecule has 0 bridgehead atoms. The second-order valence-electron chi connectivity index (χ2n) is 2.45. The summed E-state index contributed by atoms with van der Waals surface area (Å²) in [5.41, 5.74) is 5.55. The van der Waals surface area contributed by atoms with Crippen LogP contribution >= 0.6 is 0 Å². The molecule has 3 heteroatoms. The van der Waals surface area contributed by atoms with Crippen molar-refractivity contribution in [2.45, 2.75) is 26.7 Å². The molecule has 3 N–H and O–H groups in total. The molecule has 0 rings (SSSR count). The molecule has 1 unspecified atom stereocenters. The molecule has 3 nitrogen and oxygen atoms in total. The summed E-state index contributed by atoms with van der Waals surface area (Å²) in [6, 6.07) is 0. The van der Waals surface area contributed by atoms with Gasteiger partial charge in [0.25, 0.3) is 0 Å². The highest BCUT2D eigenvalue weighted by molar-refractivity contribution is 5.87. The van der Waals surface area contributed by atoms with Crippen LogP contribution in [0.1, 0.15) is 26.7 Å². The number of carbonyl (C=O) groups is 1. The van der Waals surface area contributed by atoms with Crippen LogP contribution in [0.15, 0.2) is 0 Å². The Balaban J connectivity index is 3.72. The average Bonchev–Trinajstić information content (AvgIpc) is 1.85. The van der Waals surface area contributed by atoms with E-state index in [0.717, 1.165) is 0 Å². The van der Waals surface area contributed by atoms with Crippen molar-refractivity contribution in [3.63, 3.8) is 0 Å². The molecule has 0 aromatic heterocycles. The topological polar surface area (TPSA) is 66.9 Å². The second-order valence-corrected chi connectivity index (χ2v) is 2.45. The van der Waals surface area contributed by atoms with E-state index >= 15 is 0 Å². The van der Waals surface area contributed by atoms with Crippen LogP contribution in [0.4, 0.5) is 0 Å². The van der Waals surface area contributed by atoms with Gasteiger partial charge >= 0.3 is 0 Å². The van der Waals surface area contributed by atoms with Crippen LogP contribution in [-0.2, 0) is 4.79 Å². The normalized spacial score (nSPS) is 12.6. The minimum Gasteiger partial charge on any atom is -0.370 e. The molecule has 0 saturated heterocycles. The summed E-state index contributed by atoms with van der Waals surface area (Å²) < 4.78 is 0. The van der Waals surface area contributed by atoms with Crippen LogP contribution in [-0.4, -0.2) is 11.6 Å². The third-order valence-electron chi connectivity index (χ3n) is 1.48. The first kappa shape index (κ1) is 9.14. The van der Waals surface area contributed by atoms with Gasteiger partial charge in [-0.2, -0.15) is 0 Å². The van der Waals surface area contributed by atoms with Gasteiger partial charge in [0.1, 0.15) is 0 Å². The Morgan fingerprint density at radius 3 is 2.50 bits per heavy atom. The molecule has 0 aliphatic rings. The van der Waals surface area contributed by atoms with Crippen LogP contribution in [0.5, 0.6) is 0 Å². The van der Waals surface area contributed by atoms with Crippen molar-refractivity contribution >= 4 is 11.6 Å². The van der Waals surface area contributed by atoms with Gasteiger partial charge in [0.15, 0.2) is 0 Å². The summed E-state index contributed by atoms with van der Waals surface area (Å²) >= 11 is 0. The van der Waals surface area contributed by atoms with Crippen molar-refractivity contribution in [1.82, 2.24) is 0 Å². The maximum Gasteiger partial charge on any atom is 0.218 e. The lowest BCUT2D eigenvalue weighted by Gasteiger charge is -2.07. The van der Waals surface area contributed by atoms with Gasteiger partial charge in [-0.05, 0) is 6.42 Å². The number of nitrogens with one attached hydrogen (secondary N) is 1. The first-order chi connectivity index (χ1) is 4.57. The zero-order valence-electron chi connectivity index (χ0n) is 6.48. The third kappa shape index (κ3) is 3.22. The first-order valence-corrected chi connectivity index (χ1v) is 3.43. The van der Waals surface area contributed by atoms with E-state index in [1.165, 1.54) is 0 Å². The summed E-state index contributed by atoms with van der Waals surface area (Å²) in [7, 11) is 0. The summed E-state index contributed by atoms with van der Waals surface area (Å²) in [5, 5.41) is 7.33. The average molecular weight is 142 g/mol. The monoisotopic (exact) mass is 142 g/mol. The Kier molecular flexibility index (Phi) is 3.69. The fraction of sp³-hybridized carbons (Fsp3) is 0.714. The number of nitrogens with two attached hydrogens (primary N) is 1. The van der Waals surface area contributed by atoms with E-state index in [2.05, 4.69) is 0 Å². The minimum atomic E-state index is -0.328. The number of amides is 1. The highest BCUT2D eigenvalue weighted by atomic mass is 16.1. The minimum absolute atomic E-state index is 0.0162. The van der Waals surface area contributed by atoms with Gasteiger partial charge in [-0.15, -0.1) is 0 Å². The van der Waals surface area contributed by atoms with Crippen molar-refractivity contribution in [2.24, 2.45) is 11.7 Å². The zero-order chi connectivity index (χ0) is 8.15. The Labute approximate surface area is 61.1 Å². The molecule has 1 amide bonds. The van der Waals surface area contributed by atoms with E-state index in [4.69, 9.17) is 11.1 Å². The standard InChI is InChI=1S/C7H14N2O/c1-3-6(8)5(2)4-7(9)10/h5,8H,3-4H2,1-2H3,(H2,9,10). The Bertz CT molecular complexity index is 143. The van der Waals surface area contributed by atoms with E-state index in [0.29, 0.717) is 18.6 Å². The van der Waals surface area contributed by atoms with Crippen molar-refractivity contribution in [3.8, 4) is 0 Å². The van der Waals surface area contributed by atoms with Crippen LogP contribution in [0.25, 0.3) is 0 Å². The molecule has 10 heavy (non-hydrogen) atoms. The number of hydrogen-bond acceptors (Lipinski definition) is 2. The largest absolute Gasteiger partial charge is 0.370 e. The van der Waals surface area contributed by atoms with Gasteiger partial charge in [-0.1, -0.05) is 13.8 Å². The van der Waals surface area contributed by atoms with Gasteiger partial charge in [0, 0.05) is 18.1 Å². The Morgan fingerprint density at radius 2 is 2.20 bits per heavy atom. The van der Waals surface area contributed by atoms with Crippen molar-refractivity contribution in [1.29, 1.82) is 5.41 Å². The van der Waals surface area contributed by atoms with Crippen LogP contribution in [0.2, 0.25) is 0 Å². The zero-order valence-corrected chi connectivity index (χ0v) is 6.48. The van der Waals surface area contributed by atoms with E-state index in [1.807, 2.05) is 13.8 Å².